The van der Waals surface area contributed by atoms with Crippen molar-refractivity contribution in [1.29, 1.82) is 0 Å². The van der Waals surface area contributed by atoms with E-state index < -0.39 is 0 Å². The second-order valence-corrected chi connectivity index (χ2v) is 9.05. The lowest BCUT2D eigenvalue weighted by atomic mass is 10.2. The van der Waals surface area contributed by atoms with Gasteiger partial charge in [0, 0.05) is 49.3 Å². The minimum absolute atomic E-state index is 0.270. The summed E-state index contributed by atoms with van der Waals surface area (Å²) in [5, 5.41) is 9.78. The Hall–Kier alpha value is -3.27. The van der Waals surface area contributed by atoms with Crippen LogP contribution in [0.15, 0.2) is 78.2 Å². The van der Waals surface area contributed by atoms with Crippen LogP contribution in [0, 0.1) is 5.82 Å². The molecule has 180 valence electrons. The number of morpholine rings is 1. The Morgan fingerprint density at radius 2 is 1.77 bits per heavy atom. The molecule has 0 radical (unpaired) electrons. The maximum Gasteiger partial charge on any atom is 0.191 e. The summed E-state index contributed by atoms with van der Waals surface area (Å²) in [4.78, 5) is 6.50. The fourth-order valence-electron chi connectivity index (χ4n) is 3.88. The van der Waals surface area contributed by atoms with E-state index in [4.69, 9.17) is 9.47 Å². The number of hydrogen-bond donors (Lipinski definition) is 0. The van der Waals surface area contributed by atoms with E-state index in [-0.39, 0.29) is 5.82 Å². The summed E-state index contributed by atoms with van der Waals surface area (Å²) >= 11 is 1.61. The molecule has 0 saturated carbocycles. The van der Waals surface area contributed by atoms with Crippen LogP contribution in [0.1, 0.15) is 5.56 Å². The molecule has 7 nitrogen and oxygen atoms in total. The summed E-state index contributed by atoms with van der Waals surface area (Å²) in [6.45, 7) is 4.93. The van der Waals surface area contributed by atoms with Crippen molar-refractivity contribution in [1.82, 2.24) is 24.6 Å². The molecule has 1 saturated heterocycles. The quantitative estimate of drug-likeness (QED) is 0.309. The smallest absolute Gasteiger partial charge is 0.191 e. The van der Waals surface area contributed by atoms with E-state index in [1.165, 1.54) is 12.1 Å². The Labute approximate surface area is 207 Å². The third-order valence-electron chi connectivity index (χ3n) is 5.75. The summed E-state index contributed by atoms with van der Waals surface area (Å²) in [5.41, 5.74) is 1.89. The van der Waals surface area contributed by atoms with Crippen molar-refractivity contribution in [2.75, 3.05) is 32.8 Å². The van der Waals surface area contributed by atoms with Crippen LogP contribution in [0.3, 0.4) is 0 Å². The Balaban J connectivity index is 1.36. The molecular formula is C26H26FN5O2S. The molecule has 2 aromatic carbocycles. The molecule has 1 aliphatic heterocycles. The van der Waals surface area contributed by atoms with E-state index >= 15 is 0 Å². The van der Waals surface area contributed by atoms with Gasteiger partial charge in [0.25, 0.3) is 0 Å². The van der Waals surface area contributed by atoms with Gasteiger partial charge in [-0.05, 0) is 42.5 Å². The largest absolute Gasteiger partial charge is 0.455 e. The SMILES string of the molecule is Fc1ccc(-c2nnc(SCc3ccccc3Oc3cccnc3)n2CCN2CCOCC2)cc1. The molecule has 0 unspecified atom stereocenters. The van der Waals surface area contributed by atoms with E-state index in [1.807, 2.05) is 36.4 Å². The van der Waals surface area contributed by atoms with Gasteiger partial charge in [-0.3, -0.25) is 9.88 Å². The maximum atomic E-state index is 13.5. The number of pyridine rings is 1. The van der Waals surface area contributed by atoms with E-state index in [9.17, 15) is 4.39 Å². The molecule has 0 bridgehead atoms. The summed E-state index contributed by atoms with van der Waals surface area (Å²) in [5.74, 6) is 2.60. The zero-order valence-electron chi connectivity index (χ0n) is 19.2. The average Bonchev–Trinajstić information content (AvgIpc) is 3.31. The summed E-state index contributed by atoms with van der Waals surface area (Å²) in [7, 11) is 0. The van der Waals surface area contributed by atoms with Crippen LogP contribution in [-0.4, -0.2) is 57.5 Å². The molecule has 0 spiro atoms. The minimum Gasteiger partial charge on any atom is -0.455 e. The minimum atomic E-state index is -0.270. The van der Waals surface area contributed by atoms with E-state index in [2.05, 4.69) is 24.6 Å². The topological polar surface area (TPSA) is 65.3 Å². The Morgan fingerprint density at radius 1 is 0.943 bits per heavy atom. The van der Waals surface area contributed by atoms with Crippen molar-refractivity contribution in [3.8, 4) is 22.9 Å². The summed E-state index contributed by atoms with van der Waals surface area (Å²) in [6.07, 6.45) is 3.41. The van der Waals surface area contributed by atoms with E-state index in [0.29, 0.717) is 11.5 Å². The van der Waals surface area contributed by atoms with Crippen LogP contribution in [0.4, 0.5) is 4.39 Å². The lowest BCUT2D eigenvalue weighted by Gasteiger charge is -2.27. The molecule has 0 amide bonds. The van der Waals surface area contributed by atoms with Gasteiger partial charge >= 0.3 is 0 Å². The van der Waals surface area contributed by atoms with Crippen molar-refractivity contribution in [3.05, 3.63) is 84.4 Å². The van der Waals surface area contributed by atoms with Gasteiger partial charge in [-0.1, -0.05) is 30.0 Å². The van der Waals surface area contributed by atoms with Gasteiger partial charge in [0.15, 0.2) is 11.0 Å². The number of para-hydroxylation sites is 1. The molecule has 35 heavy (non-hydrogen) atoms. The van der Waals surface area contributed by atoms with Crippen LogP contribution in [-0.2, 0) is 17.0 Å². The lowest BCUT2D eigenvalue weighted by Crippen LogP contribution is -2.38. The number of hydrogen-bond acceptors (Lipinski definition) is 7. The third-order valence-corrected chi connectivity index (χ3v) is 6.77. The highest BCUT2D eigenvalue weighted by Crippen LogP contribution is 2.31. The first-order valence-electron chi connectivity index (χ1n) is 11.5. The van der Waals surface area contributed by atoms with Gasteiger partial charge in [-0.15, -0.1) is 10.2 Å². The number of thioether (sulfide) groups is 1. The highest BCUT2D eigenvalue weighted by atomic mass is 32.2. The second-order valence-electron chi connectivity index (χ2n) is 8.11. The average molecular weight is 492 g/mol. The van der Waals surface area contributed by atoms with Gasteiger partial charge in [0.1, 0.15) is 17.3 Å². The van der Waals surface area contributed by atoms with Gasteiger partial charge in [0.2, 0.25) is 0 Å². The zero-order valence-corrected chi connectivity index (χ0v) is 20.0. The van der Waals surface area contributed by atoms with E-state index in [1.54, 1.807) is 36.3 Å². The predicted octanol–water partition coefficient (Wildman–Crippen LogP) is 4.90. The molecule has 1 fully saturated rings. The molecule has 3 heterocycles. The Bertz CT molecular complexity index is 1230. The molecule has 2 aromatic heterocycles. The van der Waals surface area contributed by atoms with Crippen LogP contribution in [0.2, 0.25) is 0 Å². The number of nitrogens with zero attached hydrogens (tertiary/aromatic N) is 5. The van der Waals surface area contributed by atoms with Crippen LogP contribution >= 0.6 is 11.8 Å². The zero-order chi connectivity index (χ0) is 23.9. The van der Waals surface area contributed by atoms with Crippen LogP contribution in [0.25, 0.3) is 11.4 Å². The van der Waals surface area contributed by atoms with Gasteiger partial charge in [0.05, 0.1) is 19.4 Å². The second kappa shape index (κ2) is 11.4. The monoisotopic (exact) mass is 491 g/mol. The van der Waals surface area contributed by atoms with Crippen LogP contribution < -0.4 is 4.74 Å². The predicted molar refractivity (Wildman–Crippen MR) is 133 cm³/mol. The van der Waals surface area contributed by atoms with Crippen molar-refractivity contribution in [2.45, 2.75) is 17.5 Å². The Kier molecular flexibility index (Phi) is 7.67. The Morgan fingerprint density at radius 3 is 2.57 bits per heavy atom. The van der Waals surface area contributed by atoms with Crippen molar-refractivity contribution in [3.63, 3.8) is 0 Å². The highest BCUT2D eigenvalue weighted by Gasteiger charge is 2.18. The molecular weight excluding hydrogens is 465 g/mol. The van der Waals surface area contributed by atoms with E-state index in [0.717, 1.165) is 67.3 Å². The number of ether oxygens (including phenoxy) is 2. The highest BCUT2D eigenvalue weighted by molar-refractivity contribution is 7.98. The number of rotatable bonds is 9. The summed E-state index contributed by atoms with van der Waals surface area (Å²) < 4.78 is 27.2. The summed E-state index contributed by atoms with van der Waals surface area (Å²) in [6, 6.07) is 18.1. The van der Waals surface area contributed by atoms with Gasteiger partial charge < -0.3 is 14.0 Å². The van der Waals surface area contributed by atoms with Crippen molar-refractivity contribution in [2.24, 2.45) is 0 Å². The first-order valence-corrected chi connectivity index (χ1v) is 12.5. The number of benzene rings is 2. The fourth-order valence-corrected chi connectivity index (χ4v) is 4.83. The molecule has 1 aliphatic rings. The van der Waals surface area contributed by atoms with Crippen molar-refractivity contribution < 1.29 is 13.9 Å². The standard InChI is InChI=1S/C26H26FN5O2S/c27-22-9-7-20(8-10-22)25-29-30-26(32(25)13-12-31-14-16-33-17-15-31)35-19-21-4-1-2-6-24(21)34-23-5-3-11-28-18-23/h1-11,18H,12-17,19H2. The van der Waals surface area contributed by atoms with Crippen LogP contribution in [0.5, 0.6) is 11.5 Å². The first-order chi connectivity index (χ1) is 17.3. The normalized spacial score (nSPS) is 14.2. The molecule has 0 aliphatic carbocycles. The van der Waals surface area contributed by atoms with Crippen molar-refractivity contribution >= 4 is 11.8 Å². The van der Waals surface area contributed by atoms with Gasteiger partial charge in [-0.2, -0.15) is 0 Å². The molecule has 9 heteroatoms. The fraction of sp³-hybridized carbons (Fsp3) is 0.269. The molecule has 4 aromatic rings. The molecule has 0 N–H and O–H groups in total. The first kappa shape index (κ1) is 23.5. The van der Waals surface area contributed by atoms with Gasteiger partial charge in [-0.25, -0.2) is 4.39 Å². The number of aromatic nitrogens is 4. The number of halogens is 1. The third kappa shape index (κ3) is 6.05. The molecule has 5 rings (SSSR count). The maximum absolute atomic E-state index is 13.5. The molecule has 0 atom stereocenters. The lowest BCUT2D eigenvalue weighted by molar-refractivity contribution is 0.0361.